The normalized spacial score (nSPS) is 10.4. The molecule has 2 aromatic rings. The smallest absolute Gasteiger partial charge is 0.213 e. The number of hydrogen-bond acceptors (Lipinski definition) is 2. The minimum absolute atomic E-state index is 0.157. The van der Waals surface area contributed by atoms with Crippen LogP contribution >= 0.6 is 0 Å². The first-order valence-corrected chi connectivity index (χ1v) is 5.35. The van der Waals surface area contributed by atoms with Crippen LogP contribution < -0.4 is 4.74 Å². The topological polar surface area (TPSA) is 22.1 Å². The number of ether oxygens (including phenoxy) is 1. The largest absolute Gasteiger partial charge is 0.475 e. The zero-order valence-corrected chi connectivity index (χ0v) is 9.47. The summed E-state index contributed by atoms with van der Waals surface area (Å²) >= 11 is 0. The van der Waals surface area contributed by atoms with Crippen LogP contribution in [0.4, 0.5) is 0 Å². The van der Waals surface area contributed by atoms with Crippen molar-refractivity contribution in [3.63, 3.8) is 0 Å². The molecule has 0 unspecified atom stereocenters. The van der Waals surface area contributed by atoms with Crippen LogP contribution in [-0.4, -0.2) is 11.1 Å². The van der Waals surface area contributed by atoms with Gasteiger partial charge in [0.25, 0.3) is 0 Å². The van der Waals surface area contributed by atoms with Gasteiger partial charge in [-0.05, 0) is 31.5 Å². The summed E-state index contributed by atoms with van der Waals surface area (Å²) in [7, 11) is 0. The van der Waals surface area contributed by atoms with Crippen LogP contribution in [0.1, 0.15) is 13.8 Å². The molecule has 0 N–H and O–H groups in total. The molecule has 0 atom stereocenters. The second-order valence-corrected chi connectivity index (χ2v) is 3.84. The number of hydrogen-bond donors (Lipinski definition) is 0. The average molecular weight is 212 g/mol. The maximum absolute atomic E-state index is 5.49. The van der Waals surface area contributed by atoms with Gasteiger partial charge < -0.3 is 4.74 Å². The molecule has 16 heavy (non-hydrogen) atoms. The number of pyridine rings is 1. The van der Waals surface area contributed by atoms with E-state index >= 15 is 0 Å². The summed E-state index contributed by atoms with van der Waals surface area (Å²) in [6, 6.07) is 14.7. The van der Waals surface area contributed by atoms with Gasteiger partial charge in [-0.3, -0.25) is 0 Å². The molecule has 0 aliphatic carbocycles. The molecule has 1 aromatic heterocycles. The zero-order chi connectivity index (χ0) is 11.4. The van der Waals surface area contributed by atoms with E-state index in [9.17, 15) is 0 Å². The Hall–Kier alpha value is -1.83. The second kappa shape index (κ2) is 4.79. The predicted molar refractivity (Wildman–Crippen MR) is 64.3 cm³/mol. The molecule has 1 radical (unpaired) electrons. The standard InChI is InChI=1S/C14H14NO/c1-11(2)16-14-9-8-13(10-15-14)12-6-4-3-5-7-12/h4-11H,1-2H3. The number of nitrogens with zero attached hydrogens (tertiary/aromatic N) is 1. The SMILES string of the molecule is CC(C)Oc1ccc(-c2cc[c]cc2)cn1. The Morgan fingerprint density at radius 2 is 1.81 bits per heavy atom. The van der Waals surface area contributed by atoms with Crippen molar-refractivity contribution in [2.75, 3.05) is 0 Å². The van der Waals surface area contributed by atoms with E-state index in [2.05, 4.69) is 11.1 Å². The lowest BCUT2D eigenvalue weighted by Crippen LogP contribution is -2.06. The fourth-order valence-electron chi connectivity index (χ4n) is 1.44. The Balaban J connectivity index is 2.20. The van der Waals surface area contributed by atoms with Crippen molar-refractivity contribution in [3.8, 4) is 17.0 Å². The summed E-state index contributed by atoms with van der Waals surface area (Å²) in [5.41, 5.74) is 2.23. The minimum atomic E-state index is 0.157. The van der Waals surface area contributed by atoms with Crippen molar-refractivity contribution < 1.29 is 4.74 Å². The maximum atomic E-state index is 5.49. The summed E-state index contributed by atoms with van der Waals surface area (Å²) < 4.78 is 5.49. The molecule has 0 saturated heterocycles. The number of benzene rings is 1. The molecule has 0 aliphatic rings. The molecule has 1 aromatic carbocycles. The van der Waals surface area contributed by atoms with Crippen molar-refractivity contribution >= 4 is 0 Å². The molecule has 1 heterocycles. The highest BCUT2D eigenvalue weighted by atomic mass is 16.5. The molecule has 2 heteroatoms. The van der Waals surface area contributed by atoms with E-state index in [4.69, 9.17) is 4.74 Å². The van der Waals surface area contributed by atoms with Crippen molar-refractivity contribution in [3.05, 3.63) is 48.7 Å². The van der Waals surface area contributed by atoms with Crippen LogP contribution in [0.25, 0.3) is 11.1 Å². The molecule has 0 bridgehead atoms. The summed E-state index contributed by atoms with van der Waals surface area (Å²) in [4.78, 5) is 4.26. The van der Waals surface area contributed by atoms with Gasteiger partial charge in [0.05, 0.1) is 6.10 Å². The maximum Gasteiger partial charge on any atom is 0.213 e. The molecule has 0 spiro atoms. The fraction of sp³-hybridized carbons (Fsp3) is 0.214. The zero-order valence-electron chi connectivity index (χ0n) is 9.47. The van der Waals surface area contributed by atoms with E-state index in [1.165, 1.54) is 0 Å². The predicted octanol–water partition coefficient (Wildman–Crippen LogP) is 3.34. The van der Waals surface area contributed by atoms with Gasteiger partial charge >= 0.3 is 0 Å². The molecular weight excluding hydrogens is 198 g/mol. The molecule has 0 amide bonds. The van der Waals surface area contributed by atoms with Crippen molar-refractivity contribution in [2.45, 2.75) is 20.0 Å². The summed E-state index contributed by atoms with van der Waals surface area (Å²) in [6.07, 6.45) is 1.98. The Bertz CT molecular complexity index is 434. The lowest BCUT2D eigenvalue weighted by atomic mass is 10.1. The molecular formula is C14H14NO. The van der Waals surface area contributed by atoms with E-state index in [0.29, 0.717) is 5.88 Å². The Morgan fingerprint density at radius 1 is 1.06 bits per heavy atom. The highest BCUT2D eigenvalue weighted by Crippen LogP contribution is 2.19. The second-order valence-electron chi connectivity index (χ2n) is 3.84. The third-order valence-electron chi connectivity index (χ3n) is 2.14. The van der Waals surface area contributed by atoms with E-state index in [-0.39, 0.29) is 6.10 Å². The lowest BCUT2D eigenvalue weighted by molar-refractivity contribution is 0.232. The molecule has 2 rings (SSSR count). The molecule has 0 saturated carbocycles. The van der Waals surface area contributed by atoms with E-state index < -0.39 is 0 Å². The van der Waals surface area contributed by atoms with Gasteiger partial charge in [-0.1, -0.05) is 24.3 Å². The highest BCUT2D eigenvalue weighted by molar-refractivity contribution is 5.62. The average Bonchev–Trinajstić information content (AvgIpc) is 2.30. The third-order valence-corrected chi connectivity index (χ3v) is 2.14. The Kier molecular flexibility index (Phi) is 3.20. The van der Waals surface area contributed by atoms with Crippen LogP contribution in [0.5, 0.6) is 5.88 Å². The van der Waals surface area contributed by atoms with Crippen LogP contribution in [-0.2, 0) is 0 Å². The summed E-state index contributed by atoms with van der Waals surface area (Å²) in [6.45, 7) is 3.98. The summed E-state index contributed by atoms with van der Waals surface area (Å²) in [5, 5.41) is 0. The highest BCUT2D eigenvalue weighted by Gasteiger charge is 2.00. The monoisotopic (exact) mass is 212 g/mol. The van der Waals surface area contributed by atoms with E-state index in [0.717, 1.165) is 11.1 Å². The molecule has 0 aliphatic heterocycles. The van der Waals surface area contributed by atoms with Gasteiger partial charge in [-0.2, -0.15) is 0 Å². The number of aromatic nitrogens is 1. The number of rotatable bonds is 3. The van der Waals surface area contributed by atoms with E-state index in [1.54, 1.807) is 0 Å². The van der Waals surface area contributed by atoms with Crippen molar-refractivity contribution in [1.29, 1.82) is 0 Å². The van der Waals surface area contributed by atoms with Gasteiger partial charge in [0.1, 0.15) is 0 Å². The molecule has 2 nitrogen and oxygen atoms in total. The molecule has 81 valence electrons. The van der Waals surface area contributed by atoms with Crippen molar-refractivity contribution in [2.24, 2.45) is 0 Å². The van der Waals surface area contributed by atoms with Gasteiger partial charge in [0, 0.05) is 17.8 Å². The van der Waals surface area contributed by atoms with Crippen LogP contribution in [0.2, 0.25) is 0 Å². The lowest BCUT2D eigenvalue weighted by Gasteiger charge is -2.08. The van der Waals surface area contributed by atoms with Crippen molar-refractivity contribution in [1.82, 2.24) is 4.98 Å². The first kappa shape index (κ1) is 10.7. The van der Waals surface area contributed by atoms with E-state index in [1.807, 2.05) is 56.4 Å². The van der Waals surface area contributed by atoms with Gasteiger partial charge in [0.15, 0.2) is 0 Å². The quantitative estimate of drug-likeness (QED) is 0.778. The first-order chi connectivity index (χ1) is 7.75. The Morgan fingerprint density at radius 3 is 2.38 bits per heavy atom. The minimum Gasteiger partial charge on any atom is -0.475 e. The first-order valence-electron chi connectivity index (χ1n) is 5.35. The van der Waals surface area contributed by atoms with Crippen LogP contribution in [0.3, 0.4) is 0 Å². The van der Waals surface area contributed by atoms with Gasteiger partial charge in [-0.15, -0.1) is 0 Å². The van der Waals surface area contributed by atoms with Gasteiger partial charge in [-0.25, -0.2) is 4.98 Å². The van der Waals surface area contributed by atoms with Gasteiger partial charge in [0.2, 0.25) is 5.88 Å². The van der Waals surface area contributed by atoms with Crippen LogP contribution in [0.15, 0.2) is 42.6 Å². The third kappa shape index (κ3) is 2.60. The molecule has 0 fully saturated rings. The fourth-order valence-corrected chi connectivity index (χ4v) is 1.44. The summed E-state index contributed by atoms with van der Waals surface area (Å²) in [5.74, 6) is 0.668. The Labute approximate surface area is 95.9 Å². The van der Waals surface area contributed by atoms with Crippen LogP contribution in [0, 0.1) is 6.07 Å².